The van der Waals surface area contributed by atoms with Crippen molar-refractivity contribution in [1.29, 1.82) is 0 Å². The highest BCUT2D eigenvalue weighted by Crippen LogP contribution is 2.41. The first-order valence-corrected chi connectivity index (χ1v) is 6.85. The van der Waals surface area contributed by atoms with Gasteiger partial charge in [0.1, 0.15) is 5.41 Å². The summed E-state index contributed by atoms with van der Waals surface area (Å²) >= 11 is 1.59. The maximum atomic E-state index is 12.3. The van der Waals surface area contributed by atoms with Crippen LogP contribution >= 0.6 is 11.3 Å². The highest BCUT2D eigenvalue weighted by molar-refractivity contribution is 7.07. The van der Waals surface area contributed by atoms with Gasteiger partial charge in [-0.25, -0.2) is 0 Å². The molecule has 1 amide bonds. The van der Waals surface area contributed by atoms with Gasteiger partial charge in [-0.05, 0) is 42.2 Å². The predicted octanol–water partition coefficient (Wildman–Crippen LogP) is 1.84. The minimum atomic E-state index is -0.807. The van der Waals surface area contributed by atoms with Gasteiger partial charge in [0.2, 0.25) is 5.91 Å². The molecule has 0 spiro atoms. The molecule has 1 aliphatic rings. The van der Waals surface area contributed by atoms with E-state index < -0.39 is 5.41 Å². The Labute approximate surface area is 110 Å². The molecule has 0 bridgehead atoms. The third kappa shape index (κ3) is 2.08. The third-order valence-corrected chi connectivity index (χ3v) is 4.33. The zero-order valence-electron chi connectivity index (χ0n) is 10.2. The molecule has 1 unspecified atom stereocenters. The second kappa shape index (κ2) is 4.97. The first-order valence-electron chi connectivity index (χ1n) is 5.91. The Hall–Kier alpha value is -1.56. The maximum Gasteiger partial charge on any atom is 0.234 e. The van der Waals surface area contributed by atoms with Crippen LogP contribution in [0.25, 0.3) is 0 Å². The Morgan fingerprint density at radius 3 is 2.83 bits per heavy atom. The molecule has 4 N–H and O–H groups in total. The summed E-state index contributed by atoms with van der Waals surface area (Å²) in [6.07, 6.45) is 2.21. The van der Waals surface area contributed by atoms with Crippen LogP contribution in [0.2, 0.25) is 0 Å². The number of thiophene rings is 1. The lowest BCUT2D eigenvalue weighted by molar-refractivity contribution is -0.131. The first kappa shape index (κ1) is 12.9. The highest BCUT2D eigenvalue weighted by Gasteiger charge is 2.48. The Morgan fingerprint density at radius 1 is 1.67 bits per heavy atom. The highest BCUT2D eigenvalue weighted by atomic mass is 32.1. The Kier molecular flexibility index (Phi) is 3.56. The van der Waals surface area contributed by atoms with Crippen LogP contribution in [0.1, 0.15) is 37.8 Å². The molecular weight excluding hydrogens is 250 g/mol. The molecule has 0 radical (unpaired) electrons. The van der Waals surface area contributed by atoms with Gasteiger partial charge in [-0.3, -0.25) is 4.79 Å². The van der Waals surface area contributed by atoms with E-state index in [1.807, 2.05) is 23.8 Å². The summed E-state index contributed by atoms with van der Waals surface area (Å²) in [5, 5.41) is 18.7. The summed E-state index contributed by atoms with van der Waals surface area (Å²) in [5.41, 5.74) is 5.91. The molecular formula is C12H17N3O2S. The number of hydrogen-bond donors (Lipinski definition) is 3. The number of amides is 1. The van der Waals surface area contributed by atoms with Crippen molar-refractivity contribution in [2.75, 3.05) is 0 Å². The zero-order valence-corrected chi connectivity index (χ0v) is 11.0. The van der Waals surface area contributed by atoms with Crippen LogP contribution in [-0.4, -0.2) is 17.0 Å². The molecule has 2 rings (SSSR count). The summed E-state index contributed by atoms with van der Waals surface area (Å²) in [5.74, 6) is -0.133. The van der Waals surface area contributed by atoms with Gasteiger partial charge in [0.25, 0.3) is 0 Å². The van der Waals surface area contributed by atoms with Crippen LogP contribution in [-0.2, 0) is 4.79 Å². The summed E-state index contributed by atoms with van der Waals surface area (Å²) in [6.45, 7) is 1.93. The standard InChI is InChI=1S/C12H17N3O2S/c1-8(9-3-6-18-7-9)14-11(16)12(4-2-5-12)10(13)15-17/h3,6-8,17H,2,4-5H2,1H3,(H2,13,15)(H,14,16). The number of amidine groups is 1. The minimum absolute atomic E-state index is 0.0174. The number of nitrogens with zero attached hydrogens (tertiary/aromatic N) is 1. The van der Waals surface area contributed by atoms with E-state index in [2.05, 4.69) is 10.5 Å². The van der Waals surface area contributed by atoms with Gasteiger partial charge in [0, 0.05) is 0 Å². The van der Waals surface area contributed by atoms with Crippen molar-refractivity contribution in [3.05, 3.63) is 22.4 Å². The van der Waals surface area contributed by atoms with Gasteiger partial charge in [-0.1, -0.05) is 11.6 Å². The smallest absolute Gasteiger partial charge is 0.234 e. The molecule has 98 valence electrons. The van der Waals surface area contributed by atoms with E-state index in [0.29, 0.717) is 12.8 Å². The van der Waals surface area contributed by atoms with Gasteiger partial charge < -0.3 is 16.3 Å². The molecule has 0 aromatic carbocycles. The van der Waals surface area contributed by atoms with Crippen molar-refractivity contribution in [2.45, 2.75) is 32.2 Å². The lowest BCUT2D eigenvalue weighted by Crippen LogP contribution is -2.54. The molecule has 6 heteroatoms. The fourth-order valence-electron chi connectivity index (χ4n) is 2.17. The Morgan fingerprint density at radius 2 is 2.39 bits per heavy atom. The lowest BCUT2D eigenvalue weighted by Gasteiger charge is -2.39. The summed E-state index contributed by atoms with van der Waals surface area (Å²) in [7, 11) is 0. The largest absolute Gasteiger partial charge is 0.409 e. The Bertz CT molecular complexity index is 452. The summed E-state index contributed by atoms with van der Waals surface area (Å²) in [6, 6.07) is 1.92. The lowest BCUT2D eigenvalue weighted by atomic mass is 9.67. The number of nitrogens with two attached hydrogens (primary N) is 1. The van der Waals surface area contributed by atoms with Crippen molar-refractivity contribution in [2.24, 2.45) is 16.3 Å². The number of oxime groups is 1. The average molecular weight is 267 g/mol. The molecule has 1 fully saturated rings. The topological polar surface area (TPSA) is 87.7 Å². The van der Waals surface area contributed by atoms with Crippen LogP contribution in [0.5, 0.6) is 0 Å². The van der Waals surface area contributed by atoms with Crippen LogP contribution in [0, 0.1) is 5.41 Å². The molecule has 1 aromatic heterocycles. The minimum Gasteiger partial charge on any atom is -0.409 e. The molecule has 1 aliphatic carbocycles. The van der Waals surface area contributed by atoms with Crippen molar-refractivity contribution in [3.8, 4) is 0 Å². The van der Waals surface area contributed by atoms with Crippen LogP contribution in [0.4, 0.5) is 0 Å². The molecule has 0 saturated heterocycles. The van der Waals surface area contributed by atoms with Crippen molar-refractivity contribution in [3.63, 3.8) is 0 Å². The van der Waals surface area contributed by atoms with Crippen LogP contribution < -0.4 is 11.1 Å². The van der Waals surface area contributed by atoms with Gasteiger partial charge in [0.05, 0.1) is 6.04 Å². The van der Waals surface area contributed by atoms with E-state index in [-0.39, 0.29) is 17.8 Å². The molecule has 1 saturated carbocycles. The molecule has 5 nitrogen and oxygen atoms in total. The van der Waals surface area contributed by atoms with E-state index in [1.165, 1.54) is 0 Å². The first-order chi connectivity index (χ1) is 8.60. The fraction of sp³-hybridized carbons (Fsp3) is 0.500. The number of nitrogens with one attached hydrogen (secondary N) is 1. The predicted molar refractivity (Wildman–Crippen MR) is 70.6 cm³/mol. The van der Waals surface area contributed by atoms with E-state index in [9.17, 15) is 4.79 Å². The van der Waals surface area contributed by atoms with E-state index in [0.717, 1.165) is 12.0 Å². The normalized spacial score (nSPS) is 19.9. The van der Waals surface area contributed by atoms with Crippen molar-refractivity contribution in [1.82, 2.24) is 5.32 Å². The number of hydrogen-bond acceptors (Lipinski definition) is 4. The van der Waals surface area contributed by atoms with Crippen molar-refractivity contribution >= 4 is 23.1 Å². The molecule has 1 aromatic rings. The second-order valence-electron chi connectivity index (χ2n) is 4.67. The quantitative estimate of drug-likeness (QED) is 0.336. The Balaban J connectivity index is 2.07. The van der Waals surface area contributed by atoms with Crippen LogP contribution in [0.15, 0.2) is 22.0 Å². The van der Waals surface area contributed by atoms with E-state index in [1.54, 1.807) is 11.3 Å². The second-order valence-corrected chi connectivity index (χ2v) is 5.45. The third-order valence-electron chi connectivity index (χ3n) is 3.63. The van der Waals surface area contributed by atoms with E-state index in [4.69, 9.17) is 10.9 Å². The number of carbonyl (C=O) groups excluding carboxylic acids is 1. The molecule has 18 heavy (non-hydrogen) atoms. The van der Waals surface area contributed by atoms with Gasteiger partial charge in [-0.2, -0.15) is 11.3 Å². The SMILES string of the molecule is CC(NC(=O)C1(/C(N)=N/O)CCC1)c1ccsc1. The van der Waals surface area contributed by atoms with Crippen LogP contribution in [0.3, 0.4) is 0 Å². The number of carbonyl (C=O) groups is 1. The van der Waals surface area contributed by atoms with Gasteiger partial charge >= 0.3 is 0 Å². The maximum absolute atomic E-state index is 12.3. The number of rotatable bonds is 4. The van der Waals surface area contributed by atoms with Crippen molar-refractivity contribution < 1.29 is 10.0 Å². The average Bonchev–Trinajstić information content (AvgIpc) is 2.80. The van der Waals surface area contributed by atoms with E-state index >= 15 is 0 Å². The summed E-state index contributed by atoms with van der Waals surface area (Å²) in [4.78, 5) is 12.3. The molecule has 0 aliphatic heterocycles. The molecule has 1 atom stereocenters. The fourth-order valence-corrected chi connectivity index (χ4v) is 2.92. The summed E-state index contributed by atoms with van der Waals surface area (Å²) < 4.78 is 0. The molecule has 1 heterocycles. The van der Waals surface area contributed by atoms with Gasteiger partial charge in [-0.15, -0.1) is 0 Å². The zero-order chi connectivity index (χ0) is 13.2. The monoisotopic (exact) mass is 267 g/mol. The van der Waals surface area contributed by atoms with Gasteiger partial charge in [0.15, 0.2) is 5.84 Å².